The number of hydrogen-bond donors (Lipinski definition) is 0. The lowest BCUT2D eigenvalue weighted by Gasteiger charge is -2.43. The van der Waals surface area contributed by atoms with E-state index in [9.17, 15) is 4.79 Å². The van der Waals surface area contributed by atoms with Crippen LogP contribution in [0.2, 0.25) is 19.6 Å². The van der Waals surface area contributed by atoms with Crippen LogP contribution in [0.5, 0.6) is 0 Å². The summed E-state index contributed by atoms with van der Waals surface area (Å²) in [4.78, 5) is 16.8. The maximum absolute atomic E-state index is 12.7. The van der Waals surface area contributed by atoms with Gasteiger partial charge >= 0.3 is 0 Å². The van der Waals surface area contributed by atoms with Gasteiger partial charge in [-0.3, -0.25) is 4.79 Å². The fourth-order valence-electron chi connectivity index (χ4n) is 3.85. The normalized spacial score (nSPS) is 20.8. The van der Waals surface area contributed by atoms with E-state index in [0.717, 1.165) is 12.8 Å². The van der Waals surface area contributed by atoms with E-state index in [1.165, 1.54) is 6.33 Å². The number of nitrogens with zero attached hydrogens (tertiary/aromatic N) is 3. The average molecular weight is 400 g/mol. The van der Waals surface area contributed by atoms with Gasteiger partial charge in [0, 0.05) is 24.6 Å². The van der Waals surface area contributed by atoms with E-state index in [2.05, 4.69) is 41.6 Å². The molecule has 0 unspecified atom stereocenters. The van der Waals surface area contributed by atoms with E-state index >= 15 is 0 Å². The number of rotatable bonds is 3. The monoisotopic (exact) mass is 399 g/mol. The van der Waals surface area contributed by atoms with Crippen LogP contribution in [-0.2, 0) is 13.9 Å². The molecule has 1 saturated heterocycles. The van der Waals surface area contributed by atoms with Crippen LogP contribution in [0.15, 0.2) is 24.7 Å². The molecule has 0 bridgehead atoms. The van der Waals surface area contributed by atoms with Crippen molar-refractivity contribution in [1.82, 2.24) is 14.6 Å². The minimum absolute atomic E-state index is 0.246. The molecule has 2 fully saturated rings. The molecule has 1 spiro atoms. The lowest BCUT2D eigenvalue weighted by atomic mass is 9.81. The summed E-state index contributed by atoms with van der Waals surface area (Å²) in [6.07, 6.45) is 5.95. The predicted molar refractivity (Wildman–Crippen MR) is 105 cm³/mol. The summed E-state index contributed by atoms with van der Waals surface area (Å²) in [7, 11) is -1.86. The Labute approximate surface area is 165 Å². The zero-order valence-electron chi connectivity index (χ0n) is 16.5. The Balaban J connectivity index is 1.57. The molecule has 8 heteroatoms. The molecule has 1 saturated carbocycles. The van der Waals surface area contributed by atoms with E-state index in [-0.39, 0.29) is 5.78 Å². The zero-order chi connectivity index (χ0) is 19.8. The molecule has 0 radical (unpaired) electrons. The maximum Gasteiger partial charge on any atom is 0.237 e. The topological polar surface area (TPSA) is 75.0 Å². The highest BCUT2D eigenvalue weighted by Crippen LogP contribution is 2.42. The van der Waals surface area contributed by atoms with Crippen LogP contribution in [0.4, 0.5) is 0 Å². The van der Waals surface area contributed by atoms with Crippen molar-refractivity contribution in [3.05, 3.63) is 30.2 Å². The summed E-state index contributed by atoms with van der Waals surface area (Å²) >= 11 is 0. The molecule has 2 aliphatic rings. The number of carbonyl (C=O) groups is 1. The molecule has 0 aromatic carbocycles. The Hall–Kier alpha value is -2.05. The van der Waals surface area contributed by atoms with Crippen molar-refractivity contribution in [3.63, 3.8) is 0 Å². The first-order valence-electron chi connectivity index (χ1n) is 9.63. The fourth-order valence-corrected chi connectivity index (χ4v) is 5.28. The number of aromatic nitrogens is 3. The molecule has 3 heterocycles. The number of ether oxygens (including phenoxy) is 2. The van der Waals surface area contributed by atoms with Gasteiger partial charge in [-0.05, 0) is 50.5 Å². The molecule has 2 aromatic rings. The van der Waals surface area contributed by atoms with Gasteiger partial charge in [-0.2, -0.15) is 5.10 Å². The van der Waals surface area contributed by atoms with E-state index in [0.29, 0.717) is 37.3 Å². The molecular formula is C20H25N3O4Si. The van der Waals surface area contributed by atoms with Gasteiger partial charge in [0.2, 0.25) is 5.78 Å². The van der Waals surface area contributed by atoms with Crippen LogP contribution in [0.25, 0.3) is 5.65 Å². The third kappa shape index (κ3) is 4.03. The van der Waals surface area contributed by atoms with Crippen molar-refractivity contribution in [2.24, 2.45) is 0 Å². The summed E-state index contributed by atoms with van der Waals surface area (Å²) in [6.45, 7) is 7.70. The summed E-state index contributed by atoms with van der Waals surface area (Å²) in [5.41, 5.74) is 0.554. The van der Waals surface area contributed by atoms with Gasteiger partial charge in [0.05, 0.1) is 13.2 Å². The second-order valence-corrected chi connectivity index (χ2v) is 12.8. The van der Waals surface area contributed by atoms with Crippen molar-refractivity contribution in [2.45, 2.75) is 56.7 Å². The highest BCUT2D eigenvalue weighted by atomic mass is 28.4. The van der Waals surface area contributed by atoms with Gasteiger partial charge in [-0.15, -0.1) is 0 Å². The molecule has 1 aliphatic heterocycles. The Bertz CT molecular complexity index is 937. The highest BCUT2D eigenvalue weighted by molar-refractivity contribution is 6.69. The SMILES string of the molecule is C[Si](C)(C)OC1(C#CC(=O)c2ccc3ncnn3c2)CCC2(CC1)OCCO2. The minimum Gasteiger partial charge on any atom is -0.402 e. The number of carbonyl (C=O) groups excluding carboxylic acids is 1. The standard InChI is InChI=1S/C20H25N3O4Si/c1-28(2,3)27-19(8-10-20(11-9-19)25-12-13-26-20)7-6-17(24)16-4-5-18-21-15-22-23(18)14-16/h4-5,14-15H,8-13H2,1-3H3. The van der Waals surface area contributed by atoms with Crippen molar-refractivity contribution in [2.75, 3.05) is 13.2 Å². The van der Waals surface area contributed by atoms with Gasteiger partial charge in [0.15, 0.2) is 19.8 Å². The lowest BCUT2D eigenvalue weighted by Crippen LogP contribution is -2.49. The molecule has 0 amide bonds. The smallest absolute Gasteiger partial charge is 0.237 e. The van der Waals surface area contributed by atoms with Gasteiger partial charge in [0.1, 0.15) is 11.9 Å². The molecule has 28 heavy (non-hydrogen) atoms. The van der Waals surface area contributed by atoms with Crippen molar-refractivity contribution in [3.8, 4) is 11.8 Å². The van der Waals surface area contributed by atoms with Crippen molar-refractivity contribution < 1.29 is 18.7 Å². The second kappa shape index (κ2) is 7.08. The Morgan fingerprint density at radius 3 is 2.57 bits per heavy atom. The van der Waals surface area contributed by atoms with Crippen LogP contribution in [-0.4, -0.2) is 53.3 Å². The van der Waals surface area contributed by atoms with Gasteiger partial charge in [-0.1, -0.05) is 5.92 Å². The lowest BCUT2D eigenvalue weighted by molar-refractivity contribution is -0.193. The first-order chi connectivity index (χ1) is 13.3. The Morgan fingerprint density at radius 1 is 1.18 bits per heavy atom. The van der Waals surface area contributed by atoms with Crippen LogP contribution in [0, 0.1) is 11.8 Å². The number of ketones is 1. The van der Waals surface area contributed by atoms with Crippen LogP contribution in [0.1, 0.15) is 36.0 Å². The van der Waals surface area contributed by atoms with Crippen LogP contribution in [0.3, 0.4) is 0 Å². The van der Waals surface area contributed by atoms with Gasteiger partial charge in [0.25, 0.3) is 0 Å². The molecular weight excluding hydrogens is 374 g/mol. The largest absolute Gasteiger partial charge is 0.402 e. The summed E-state index contributed by atoms with van der Waals surface area (Å²) in [6, 6.07) is 3.48. The molecule has 0 N–H and O–H groups in total. The summed E-state index contributed by atoms with van der Waals surface area (Å²) in [5.74, 6) is 5.29. The second-order valence-electron chi connectivity index (χ2n) is 8.38. The molecule has 1 aliphatic carbocycles. The zero-order valence-corrected chi connectivity index (χ0v) is 17.5. The van der Waals surface area contributed by atoms with Gasteiger partial charge < -0.3 is 13.9 Å². The Morgan fingerprint density at radius 2 is 1.89 bits per heavy atom. The van der Waals surface area contributed by atoms with Crippen LogP contribution < -0.4 is 0 Å². The molecule has 7 nitrogen and oxygen atoms in total. The predicted octanol–water partition coefficient (Wildman–Crippen LogP) is 2.82. The Kier molecular flexibility index (Phi) is 4.87. The quantitative estimate of drug-likeness (QED) is 0.342. The third-order valence-electron chi connectivity index (χ3n) is 5.07. The molecule has 4 rings (SSSR count). The fraction of sp³-hybridized carbons (Fsp3) is 0.550. The average Bonchev–Trinajstić information content (AvgIpc) is 3.30. The number of fused-ring (bicyclic) bond motifs is 1. The van der Waals surface area contributed by atoms with E-state index in [1.807, 2.05) is 0 Å². The van der Waals surface area contributed by atoms with E-state index in [1.54, 1.807) is 22.8 Å². The first-order valence-corrected chi connectivity index (χ1v) is 13.0. The number of Topliss-reactive ketones (excluding diaryl/α,β-unsaturated/α-hetero) is 1. The first kappa shape index (κ1) is 19.3. The molecule has 148 valence electrons. The van der Waals surface area contributed by atoms with Gasteiger partial charge in [-0.25, -0.2) is 9.50 Å². The third-order valence-corrected chi connectivity index (χ3v) is 6.08. The number of pyridine rings is 1. The number of hydrogen-bond acceptors (Lipinski definition) is 6. The van der Waals surface area contributed by atoms with Crippen molar-refractivity contribution in [1.29, 1.82) is 0 Å². The summed E-state index contributed by atoms with van der Waals surface area (Å²) < 4.78 is 19.7. The summed E-state index contributed by atoms with van der Waals surface area (Å²) in [5, 5.41) is 4.07. The van der Waals surface area contributed by atoms with Crippen molar-refractivity contribution >= 4 is 19.7 Å². The maximum atomic E-state index is 12.7. The van der Waals surface area contributed by atoms with E-state index in [4.69, 9.17) is 13.9 Å². The molecule has 2 aromatic heterocycles. The van der Waals surface area contributed by atoms with E-state index < -0.39 is 19.7 Å². The highest BCUT2D eigenvalue weighted by Gasteiger charge is 2.47. The minimum atomic E-state index is -1.86. The van der Waals surface area contributed by atoms with Crippen LogP contribution >= 0.6 is 0 Å². The molecule has 0 atom stereocenters.